The molecule has 98 valence electrons. The van der Waals surface area contributed by atoms with E-state index in [0.29, 0.717) is 16.9 Å². The number of halogens is 1. The molecule has 0 saturated heterocycles. The fourth-order valence-corrected chi connectivity index (χ4v) is 2.88. The maximum absolute atomic E-state index is 6.03. The third-order valence-electron chi connectivity index (χ3n) is 3.57. The topological polar surface area (TPSA) is 42.1 Å². The number of fused-ring (bicyclic) bond motifs is 1. The number of aryl methyl sites for hydroxylation is 1. The van der Waals surface area contributed by atoms with Gasteiger partial charge in [0.15, 0.2) is 0 Å². The van der Waals surface area contributed by atoms with Crippen molar-refractivity contribution >= 4 is 28.8 Å². The summed E-state index contributed by atoms with van der Waals surface area (Å²) in [5.41, 5.74) is 9.08. The molecule has 0 radical (unpaired) electrons. The van der Waals surface area contributed by atoms with Gasteiger partial charge in [0.05, 0.1) is 0 Å². The summed E-state index contributed by atoms with van der Waals surface area (Å²) in [6.07, 6.45) is 2.20. The van der Waals surface area contributed by atoms with Crippen molar-refractivity contribution in [2.75, 3.05) is 10.6 Å². The Hall–Kier alpha value is -1.74. The second-order valence-electron chi connectivity index (χ2n) is 4.97. The molecule has 4 heteroatoms. The average Bonchev–Trinajstić information content (AvgIpc) is 2.37. The van der Waals surface area contributed by atoms with Crippen LogP contribution in [0, 0.1) is 0 Å². The van der Waals surface area contributed by atoms with Crippen LogP contribution in [-0.4, -0.2) is 11.0 Å². The van der Waals surface area contributed by atoms with E-state index < -0.39 is 0 Å². The summed E-state index contributed by atoms with van der Waals surface area (Å²) in [6.45, 7) is 2.20. The molecular formula is C15H16ClN3. The Bertz CT molecular complexity index is 592. The van der Waals surface area contributed by atoms with E-state index in [1.165, 1.54) is 11.3 Å². The second kappa shape index (κ2) is 4.74. The lowest BCUT2D eigenvalue weighted by Crippen LogP contribution is -2.33. The van der Waals surface area contributed by atoms with Gasteiger partial charge in [-0.2, -0.15) is 0 Å². The zero-order chi connectivity index (χ0) is 13.4. The third-order valence-corrected chi connectivity index (χ3v) is 3.77. The molecule has 0 aliphatic carbocycles. The zero-order valence-corrected chi connectivity index (χ0v) is 11.6. The first-order valence-corrected chi connectivity index (χ1v) is 6.83. The van der Waals surface area contributed by atoms with Gasteiger partial charge in [0.2, 0.25) is 0 Å². The summed E-state index contributed by atoms with van der Waals surface area (Å²) in [7, 11) is 0. The van der Waals surface area contributed by atoms with E-state index in [9.17, 15) is 0 Å². The molecule has 0 bridgehead atoms. The quantitative estimate of drug-likeness (QED) is 0.804. The van der Waals surface area contributed by atoms with Gasteiger partial charge in [-0.15, -0.1) is 0 Å². The molecule has 0 amide bonds. The van der Waals surface area contributed by atoms with Crippen LogP contribution in [0.1, 0.15) is 18.9 Å². The number of hydrogen-bond donors (Lipinski definition) is 1. The van der Waals surface area contributed by atoms with Crippen LogP contribution in [0.5, 0.6) is 0 Å². The molecule has 1 aliphatic heterocycles. The highest BCUT2D eigenvalue weighted by Crippen LogP contribution is 2.36. The fourth-order valence-electron chi connectivity index (χ4n) is 2.66. The second-order valence-corrected chi connectivity index (χ2v) is 5.36. The molecule has 19 heavy (non-hydrogen) atoms. The summed E-state index contributed by atoms with van der Waals surface area (Å²) >= 11 is 6.03. The lowest BCUT2D eigenvalue weighted by Gasteiger charge is -2.36. The van der Waals surface area contributed by atoms with E-state index in [1.54, 1.807) is 6.07 Å². The van der Waals surface area contributed by atoms with Gasteiger partial charge < -0.3 is 10.6 Å². The van der Waals surface area contributed by atoms with Gasteiger partial charge in [0.1, 0.15) is 11.0 Å². The molecule has 2 aromatic rings. The number of rotatable bonds is 1. The highest BCUT2D eigenvalue weighted by Gasteiger charge is 2.25. The first-order valence-electron chi connectivity index (χ1n) is 6.45. The monoisotopic (exact) mass is 273 g/mol. The molecule has 2 heterocycles. The highest BCUT2D eigenvalue weighted by atomic mass is 35.5. The van der Waals surface area contributed by atoms with E-state index in [1.807, 2.05) is 6.07 Å². The molecule has 1 aliphatic rings. The molecular weight excluding hydrogens is 258 g/mol. The van der Waals surface area contributed by atoms with E-state index in [2.05, 4.69) is 41.1 Å². The molecule has 2 N–H and O–H groups in total. The number of nitrogen functional groups attached to an aromatic ring is 1. The van der Waals surface area contributed by atoms with Crippen LogP contribution in [0.15, 0.2) is 36.4 Å². The number of nitrogens with two attached hydrogens (primary N) is 1. The first kappa shape index (κ1) is 12.3. The molecule has 3 nitrogen and oxygen atoms in total. The predicted molar refractivity (Wildman–Crippen MR) is 80.0 cm³/mol. The molecule has 1 aromatic heterocycles. The van der Waals surface area contributed by atoms with Gasteiger partial charge in [-0.25, -0.2) is 4.98 Å². The van der Waals surface area contributed by atoms with Crippen molar-refractivity contribution in [3.63, 3.8) is 0 Å². The lowest BCUT2D eigenvalue weighted by atomic mass is 9.96. The predicted octanol–water partition coefficient (Wildman–Crippen LogP) is 3.79. The van der Waals surface area contributed by atoms with Gasteiger partial charge >= 0.3 is 0 Å². The first-order chi connectivity index (χ1) is 9.15. The molecule has 0 spiro atoms. The maximum Gasteiger partial charge on any atom is 0.137 e. The van der Waals surface area contributed by atoms with Crippen LogP contribution in [-0.2, 0) is 6.42 Å². The number of benzene rings is 1. The molecule has 0 saturated carbocycles. The van der Waals surface area contributed by atoms with Crippen molar-refractivity contribution in [3.05, 3.63) is 47.1 Å². The van der Waals surface area contributed by atoms with Gasteiger partial charge in [-0.1, -0.05) is 29.8 Å². The van der Waals surface area contributed by atoms with Crippen molar-refractivity contribution in [1.82, 2.24) is 4.98 Å². The standard InChI is InChI=1S/C15H16ClN3/c1-10-6-7-11-4-2-3-5-13(11)19(10)15-9-12(17)8-14(16)18-15/h2-5,8-10H,6-7H2,1H3,(H2,17,18). The Morgan fingerprint density at radius 1 is 1.32 bits per heavy atom. The summed E-state index contributed by atoms with van der Waals surface area (Å²) in [6, 6.07) is 12.4. The molecule has 1 unspecified atom stereocenters. The lowest BCUT2D eigenvalue weighted by molar-refractivity contribution is 0.613. The van der Waals surface area contributed by atoms with E-state index in [-0.39, 0.29) is 0 Å². The van der Waals surface area contributed by atoms with Crippen molar-refractivity contribution in [2.45, 2.75) is 25.8 Å². The number of nitrogens with zero attached hydrogens (tertiary/aromatic N) is 2. The highest BCUT2D eigenvalue weighted by molar-refractivity contribution is 6.29. The Kier molecular flexibility index (Phi) is 3.07. The normalized spacial score (nSPS) is 18.2. The smallest absolute Gasteiger partial charge is 0.137 e. The van der Waals surface area contributed by atoms with E-state index >= 15 is 0 Å². The van der Waals surface area contributed by atoms with Crippen LogP contribution >= 0.6 is 11.6 Å². The number of hydrogen-bond acceptors (Lipinski definition) is 3. The van der Waals surface area contributed by atoms with Gasteiger partial charge in [-0.3, -0.25) is 0 Å². The van der Waals surface area contributed by atoms with Crippen molar-refractivity contribution in [2.24, 2.45) is 0 Å². The Labute approximate surface area is 118 Å². The van der Waals surface area contributed by atoms with E-state index in [0.717, 1.165) is 18.7 Å². The SMILES string of the molecule is CC1CCc2ccccc2N1c1cc(N)cc(Cl)n1. The number of pyridine rings is 1. The molecule has 0 fully saturated rings. The molecule has 1 atom stereocenters. The molecule has 1 aromatic carbocycles. The van der Waals surface area contributed by atoms with Gasteiger partial charge in [-0.05, 0) is 37.5 Å². The Morgan fingerprint density at radius 2 is 2.11 bits per heavy atom. The van der Waals surface area contributed by atoms with Crippen LogP contribution in [0.3, 0.4) is 0 Å². The summed E-state index contributed by atoms with van der Waals surface area (Å²) in [4.78, 5) is 6.64. The number of anilines is 3. The number of aromatic nitrogens is 1. The van der Waals surface area contributed by atoms with E-state index in [4.69, 9.17) is 17.3 Å². The van der Waals surface area contributed by atoms with Crippen molar-refractivity contribution in [3.8, 4) is 0 Å². The van der Waals surface area contributed by atoms with Crippen molar-refractivity contribution < 1.29 is 0 Å². The van der Waals surface area contributed by atoms with Gasteiger partial charge in [0.25, 0.3) is 0 Å². The van der Waals surface area contributed by atoms with Gasteiger partial charge in [0, 0.05) is 23.5 Å². The minimum atomic E-state index is 0.389. The Balaban J connectivity index is 2.13. The van der Waals surface area contributed by atoms with Crippen LogP contribution in [0.4, 0.5) is 17.2 Å². The summed E-state index contributed by atoms with van der Waals surface area (Å²) in [5.74, 6) is 0.824. The van der Waals surface area contributed by atoms with Crippen LogP contribution in [0.2, 0.25) is 5.15 Å². The Morgan fingerprint density at radius 3 is 2.89 bits per heavy atom. The number of para-hydroxylation sites is 1. The average molecular weight is 274 g/mol. The maximum atomic E-state index is 6.03. The van der Waals surface area contributed by atoms with Crippen LogP contribution in [0.25, 0.3) is 0 Å². The largest absolute Gasteiger partial charge is 0.399 e. The van der Waals surface area contributed by atoms with Crippen LogP contribution < -0.4 is 10.6 Å². The van der Waals surface area contributed by atoms with Crippen molar-refractivity contribution in [1.29, 1.82) is 0 Å². The molecule has 3 rings (SSSR count). The summed E-state index contributed by atoms with van der Waals surface area (Å²) in [5, 5.41) is 0.435. The zero-order valence-electron chi connectivity index (χ0n) is 10.8. The summed E-state index contributed by atoms with van der Waals surface area (Å²) < 4.78 is 0. The fraction of sp³-hybridized carbons (Fsp3) is 0.267. The minimum Gasteiger partial charge on any atom is -0.399 e. The minimum absolute atomic E-state index is 0.389. The third kappa shape index (κ3) is 2.26.